The Morgan fingerprint density at radius 2 is 1.71 bits per heavy atom. The number of hydrogen-bond donors (Lipinski definition) is 2. The highest BCUT2D eigenvalue weighted by Crippen LogP contribution is 2.25. The molecule has 0 radical (unpaired) electrons. The number of halogens is 2. The van der Waals surface area contributed by atoms with Crippen molar-refractivity contribution in [2.24, 2.45) is 0 Å². The number of carbonyl (C=O) groups is 1. The Hall–Kier alpha value is -2.80. The van der Waals surface area contributed by atoms with Gasteiger partial charge in [0.05, 0.1) is 5.69 Å². The van der Waals surface area contributed by atoms with Crippen molar-refractivity contribution in [3.8, 4) is 11.3 Å². The number of amides is 2. The van der Waals surface area contributed by atoms with Gasteiger partial charge in [-0.3, -0.25) is 5.32 Å². The van der Waals surface area contributed by atoms with Gasteiger partial charge in [-0.25, -0.2) is 18.6 Å². The first-order valence-corrected chi connectivity index (χ1v) is 7.95. The van der Waals surface area contributed by atoms with Gasteiger partial charge in [0, 0.05) is 10.9 Å². The van der Waals surface area contributed by atoms with Gasteiger partial charge < -0.3 is 5.32 Å². The van der Waals surface area contributed by atoms with E-state index >= 15 is 0 Å². The summed E-state index contributed by atoms with van der Waals surface area (Å²) in [6.45, 7) is 1.99. The maximum Gasteiger partial charge on any atom is 0.325 e. The van der Waals surface area contributed by atoms with Crippen LogP contribution in [0.4, 0.5) is 24.4 Å². The van der Waals surface area contributed by atoms with Gasteiger partial charge in [0.2, 0.25) is 0 Å². The quantitative estimate of drug-likeness (QED) is 0.699. The second kappa shape index (κ2) is 6.76. The van der Waals surface area contributed by atoms with Crippen LogP contribution in [-0.2, 0) is 0 Å². The van der Waals surface area contributed by atoms with Gasteiger partial charge in [-0.15, -0.1) is 11.3 Å². The average Bonchev–Trinajstić information content (AvgIpc) is 3.00. The van der Waals surface area contributed by atoms with Crippen molar-refractivity contribution in [2.75, 3.05) is 10.6 Å². The fraction of sp³-hybridized carbons (Fsp3) is 0.0588. The zero-order valence-electron chi connectivity index (χ0n) is 12.6. The number of benzene rings is 2. The van der Waals surface area contributed by atoms with Crippen molar-refractivity contribution in [2.45, 2.75) is 6.92 Å². The van der Waals surface area contributed by atoms with E-state index < -0.39 is 23.4 Å². The molecule has 0 fully saturated rings. The van der Waals surface area contributed by atoms with Crippen LogP contribution >= 0.6 is 11.3 Å². The predicted molar refractivity (Wildman–Crippen MR) is 91.3 cm³/mol. The highest BCUT2D eigenvalue weighted by Gasteiger charge is 2.13. The predicted octanol–water partition coefficient (Wildman–Crippen LogP) is 5.04. The molecule has 2 aromatic carbocycles. The van der Waals surface area contributed by atoms with Crippen molar-refractivity contribution < 1.29 is 13.6 Å². The second-order valence-electron chi connectivity index (χ2n) is 5.08. The van der Waals surface area contributed by atoms with E-state index in [0.717, 1.165) is 23.3 Å². The van der Waals surface area contributed by atoms with E-state index in [0.29, 0.717) is 10.8 Å². The van der Waals surface area contributed by atoms with Gasteiger partial charge in [0.15, 0.2) is 5.13 Å². The number of nitrogens with one attached hydrogen (secondary N) is 2. The fourth-order valence-corrected chi connectivity index (χ4v) is 2.76. The van der Waals surface area contributed by atoms with Crippen molar-refractivity contribution in [1.82, 2.24) is 4.98 Å². The summed E-state index contributed by atoms with van der Waals surface area (Å²) in [7, 11) is 0. The first kappa shape index (κ1) is 16.1. The Morgan fingerprint density at radius 1 is 1.04 bits per heavy atom. The largest absolute Gasteiger partial charge is 0.325 e. The summed E-state index contributed by atoms with van der Waals surface area (Å²) in [5.74, 6) is -1.69. The molecule has 2 N–H and O–H groups in total. The first-order chi connectivity index (χ1) is 11.5. The summed E-state index contributed by atoms with van der Waals surface area (Å²) >= 11 is 1.23. The van der Waals surface area contributed by atoms with E-state index in [2.05, 4.69) is 15.6 Å². The monoisotopic (exact) mass is 345 g/mol. The summed E-state index contributed by atoms with van der Waals surface area (Å²) in [5.41, 5.74) is 2.28. The Kier molecular flexibility index (Phi) is 4.52. The average molecular weight is 345 g/mol. The molecule has 1 heterocycles. The molecule has 0 bridgehead atoms. The molecule has 0 aliphatic heterocycles. The molecule has 2 amide bonds. The third-order valence-corrected chi connectivity index (χ3v) is 4.03. The van der Waals surface area contributed by atoms with Crippen LogP contribution in [0.25, 0.3) is 11.3 Å². The summed E-state index contributed by atoms with van der Waals surface area (Å²) in [6.07, 6.45) is 0. The van der Waals surface area contributed by atoms with E-state index in [9.17, 15) is 13.6 Å². The second-order valence-corrected chi connectivity index (χ2v) is 5.94. The number of para-hydroxylation sites is 1. The molecule has 0 spiro atoms. The van der Waals surface area contributed by atoms with Crippen LogP contribution in [0.5, 0.6) is 0 Å². The molecule has 24 heavy (non-hydrogen) atoms. The van der Waals surface area contributed by atoms with E-state index in [1.54, 1.807) is 5.38 Å². The molecule has 0 atom stereocenters. The van der Waals surface area contributed by atoms with Gasteiger partial charge in [0.1, 0.15) is 17.3 Å². The number of aromatic nitrogens is 1. The molecule has 3 aromatic rings. The molecule has 0 saturated heterocycles. The molecule has 0 saturated carbocycles. The van der Waals surface area contributed by atoms with E-state index in [1.807, 2.05) is 31.2 Å². The summed E-state index contributed by atoms with van der Waals surface area (Å²) in [4.78, 5) is 16.2. The Labute approximate surface area is 141 Å². The van der Waals surface area contributed by atoms with E-state index in [4.69, 9.17) is 0 Å². The fourth-order valence-electron chi connectivity index (χ4n) is 2.05. The smallest absolute Gasteiger partial charge is 0.302 e. The lowest BCUT2D eigenvalue weighted by Gasteiger charge is -2.07. The Balaban J connectivity index is 1.70. The standard InChI is InChI=1S/C17H13F2N3OS/c1-10-5-7-11(8-6-10)14-9-24-17(20-14)22-16(23)21-15-12(18)3-2-4-13(15)19/h2-9H,1H3,(H2,20,21,22,23). The molecular formula is C17H13F2N3OS. The normalized spacial score (nSPS) is 10.5. The van der Waals surface area contributed by atoms with Crippen LogP contribution in [0, 0.1) is 18.6 Å². The van der Waals surface area contributed by atoms with Gasteiger partial charge in [-0.2, -0.15) is 0 Å². The number of aryl methyl sites for hydroxylation is 1. The SMILES string of the molecule is Cc1ccc(-c2csc(NC(=O)Nc3c(F)cccc3F)n2)cc1. The highest BCUT2D eigenvalue weighted by molar-refractivity contribution is 7.14. The highest BCUT2D eigenvalue weighted by atomic mass is 32.1. The van der Waals surface area contributed by atoms with Crippen molar-refractivity contribution in [3.63, 3.8) is 0 Å². The topological polar surface area (TPSA) is 54.0 Å². The third kappa shape index (κ3) is 3.57. The molecule has 0 aliphatic rings. The van der Waals surface area contributed by atoms with Gasteiger partial charge in [0.25, 0.3) is 0 Å². The number of hydrogen-bond acceptors (Lipinski definition) is 3. The van der Waals surface area contributed by atoms with Crippen molar-refractivity contribution in [3.05, 3.63) is 65.0 Å². The zero-order valence-corrected chi connectivity index (χ0v) is 13.5. The van der Waals surface area contributed by atoms with Crippen LogP contribution < -0.4 is 10.6 Å². The zero-order chi connectivity index (χ0) is 17.1. The molecule has 3 rings (SSSR count). The number of thiazole rings is 1. The number of nitrogens with zero attached hydrogens (tertiary/aromatic N) is 1. The molecule has 0 unspecified atom stereocenters. The van der Waals surface area contributed by atoms with Crippen molar-refractivity contribution in [1.29, 1.82) is 0 Å². The lowest BCUT2D eigenvalue weighted by atomic mass is 10.1. The minimum atomic E-state index is -0.843. The molecule has 1 aromatic heterocycles. The molecular weight excluding hydrogens is 332 g/mol. The first-order valence-electron chi connectivity index (χ1n) is 7.07. The summed E-state index contributed by atoms with van der Waals surface area (Å²) in [5, 5.41) is 6.75. The van der Waals surface area contributed by atoms with Crippen LogP contribution in [0.3, 0.4) is 0 Å². The van der Waals surface area contributed by atoms with Gasteiger partial charge in [-0.05, 0) is 19.1 Å². The molecule has 0 aliphatic carbocycles. The number of urea groups is 1. The van der Waals surface area contributed by atoms with Crippen LogP contribution in [0.1, 0.15) is 5.56 Å². The van der Waals surface area contributed by atoms with Gasteiger partial charge in [-0.1, -0.05) is 35.9 Å². The van der Waals surface area contributed by atoms with E-state index in [1.165, 1.54) is 17.4 Å². The lowest BCUT2D eigenvalue weighted by Crippen LogP contribution is -2.20. The van der Waals surface area contributed by atoms with Crippen molar-refractivity contribution >= 4 is 28.2 Å². The maximum absolute atomic E-state index is 13.5. The number of carbonyl (C=O) groups excluding carboxylic acids is 1. The van der Waals surface area contributed by atoms with E-state index in [-0.39, 0.29) is 0 Å². The Bertz CT molecular complexity index is 858. The number of rotatable bonds is 3. The number of anilines is 2. The summed E-state index contributed by atoms with van der Waals surface area (Å²) in [6, 6.07) is 10.4. The Morgan fingerprint density at radius 3 is 2.38 bits per heavy atom. The molecule has 7 heteroatoms. The summed E-state index contributed by atoms with van der Waals surface area (Å²) < 4.78 is 27.0. The minimum absolute atomic E-state index is 0.333. The maximum atomic E-state index is 13.5. The van der Waals surface area contributed by atoms with Crippen LogP contribution in [0.2, 0.25) is 0 Å². The molecule has 4 nitrogen and oxygen atoms in total. The minimum Gasteiger partial charge on any atom is -0.302 e. The molecule has 122 valence electrons. The van der Waals surface area contributed by atoms with Crippen LogP contribution in [-0.4, -0.2) is 11.0 Å². The van der Waals surface area contributed by atoms with Gasteiger partial charge >= 0.3 is 6.03 Å². The third-order valence-electron chi connectivity index (χ3n) is 3.27. The lowest BCUT2D eigenvalue weighted by molar-refractivity contribution is 0.262. The van der Waals surface area contributed by atoms with Crippen LogP contribution in [0.15, 0.2) is 47.8 Å².